The van der Waals surface area contributed by atoms with Crippen LogP contribution >= 0.6 is 0 Å². The van der Waals surface area contributed by atoms with Gasteiger partial charge in [0, 0.05) is 17.1 Å². The smallest absolute Gasteiger partial charge is 0.108 e. The van der Waals surface area contributed by atoms with Gasteiger partial charge in [-0.3, -0.25) is 4.98 Å². The maximum atomic E-state index is 5.26. The summed E-state index contributed by atoms with van der Waals surface area (Å²) in [5.74, 6) is 0. The standard InChI is InChI=1S/C11H9NO/c1-3-8-4-2-6-12-11(8)9(5-1)10-7-13-10/h1-6,10H,7H2. The quantitative estimate of drug-likeness (QED) is 0.615. The average molecular weight is 171 g/mol. The van der Waals surface area contributed by atoms with Crippen molar-refractivity contribution < 1.29 is 4.74 Å². The van der Waals surface area contributed by atoms with Gasteiger partial charge in [-0.05, 0) is 6.07 Å². The number of hydrogen-bond donors (Lipinski definition) is 0. The fraction of sp³-hybridized carbons (Fsp3) is 0.182. The summed E-state index contributed by atoms with van der Waals surface area (Å²) in [5, 5.41) is 1.19. The molecular formula is C11H9NO. The van der Waals surface area contributed by atoms with E-state index >= 15 is 0 Å². The van der Waals surface area contributed by atoms with Gasteiger partial charge in [0.2, 0.25) is 0 Å². The maximum absolute atomic E-state index is 5.26. The van der Waals surface area contributed by atoms with E-state index in [0.29, 0.717) is 6.10 Å². The van der Waals surface area contributed by atoms with Crippen LogP contribution in [0, 0.1) is 0 Å². The highest BCUT2D eigenvalue weighted by atomic mass is 16.6. The number of rotatable bonds is 1. The highest BCUT2D eigenvalue weighted by Gasteiger charge is 2.26. The first-order chi connectivity index (χ1) is 6.45. The zero-order valence-corrected chi connectivity index (χ0v) is 7.10. The summed E-state index contributed by atoms with van der Waals surface area (Å²) in [6, 6.07) is 10.3. The summed E-state index contributed by atoms with van der Waals surface area (Å²) in [5.41, 5.74) is 2.30. The summed E-state index contributed by atoms with van der Waals surface area (Å²) in [4.78, 5) is 4.36. The lowest BCUT2D eigenvalue weighted by molar-refractivity contribution is 0.416. The van der Waals surface area contributed by atoms with Crippen molar-refractivity contribution >= 4 is 10.9 Å². The van der Waals surface area contributed by atoms with Gasteiger partial charge in [0.1, 0.15) is 6.10 Å². The third-order valence-corrected chi connectivity index (χ3v) is 2.34. The van der Waals surface area contributed by atoms with Crippen LogP contribution in [0.3, 0.4) is 0 Å². The van der Waals surface area contributed by atoms with Crippen molar-refractivity contribution in [3.05, 3.63) is 42.1 Å². The van der Waals surface area contributed by atoms with E-state index in [1.807, 2.05) is 12.3 Å². The molecule has 0 amide bonds. The van der Waals surface area contributed by atoms with Gasteiger partial charge in [-0.1, -0.05) is 24.3 Å². The number of pyridine rings is 1. The molecule has 0 aliphatic carbocycles. The normalized spacial score (nSPS) is 20.5. The molecule has 0 bridgehead atoms. The first-order valence-corrected chi connectivity index (χ1v) is 4.40. The molecule has 1 atom stereocenters. The minimum atomic E-state index is 0.290. The third kappa shape index (κ3) is 1.11. The van der Waals surface area contributed by atoms with E-state index in [1.165, 1.54) is 10.9 Å². The van der Waals surface area contributed by atoms with Crippen LogP contribution in [0.1, 0.15) is 11.7 Å². The van der Waals surface area contributed by atoms with Crippen LogP contribution < -0.4 is 0 Å². The van der Waals surface area contributed by atoms with Gasteiger partial charge in [0.25, 0.3) is 0 Å². The number of nitrogens with zero attached hydrogens (tertiary/aromatic N) is 1. The van der Waals surface area contributed by atoms with Crippen molar-refractivity contribution in [2.75, 3.05) is 6.61 Å². The molecule has 2 heteroatoms. The number of hydrogen-bond acceptors (Lipinski definition) is 2. The summed E-state index contributed by atoms with van der Waals surface area (Å²) in [7, 11) is 0. The SMILES string of the molecule is c1cnc2c(C3CO3)cccc2c1. The summed E-state index contributed by atoms with van der Waals surface area (Å²) in [6.07, 6.45) is 2.12. The lowest BCUT2D eigenvalue weighted by Crippen LogP contribution is -1.86. The number of fused-ring (bicyclic) bond motifs is 1. The molecule has 1 saturated heterocycles. The highest BCUT2D eigenvalue weighted by molar-refractivity contribution is 5.82. The molecule has 1 fully saturated rings. The molecule has 0 saturated carbocycles. The van der Waals surface area contributed by atoms with E-state index < -0.39 is 0 Å². The number of benzene rings is 1. The molecule has 1 aromatic carbocycles. The van der Waals surface area contributed by atoms with Crippen molar-refractivity contribution in [1.82, 2.24) is 4.98 Å². The van der Waals surface area contributed by atoms with E-state index in [2.05, 4.69) is 29.2 Å². The van der Waals surface area contributed by atoms with Crippen molar-refractivity contribution in [2.24, 2.45) is 0 Å². The van der Waals surface area contributed by atoms with Crippen molar-refractivity contribution in [2.45, 2.75) is 6.10 Å². The Morgan fingerprint density at radius 3 is 2.92 bits per heavy atom. The molecule has 3 rings (SSSR count). The zero-order chi connectivity index (χ0) is 8.67. The lowest BCUT2D eigenvalue weighted by atomic mass is 10.1. The van der Waals surface area contributed by atoms with Gasteiger partial charge < -0.3 is 4.74 Å². The van der Waals surface area contributed by atoms with Crippen LogP contribution in [0.2, 0.25) is 0 Å². The molecule has 1 aliphatic heterocycles. The Morgan fingerprint density at radius 1 is 1.23 bits per heavy atom. The van der Waals surface area contributed by atoms with Gasteiger partial charge in [0.05, 0.1) is 12.1 Å². The predicted octanol–water partition coefficient (Wildman–Crippen LogP) is 2.31. The van der Waals surface area contributed by atoms with E-state index in [0.717, 1.165) is 12.1 Å². The zero-order valence-electron chi connectivity index (χ0n) is 7.10. The fourth-order valence-electron chi connectivity index (χ4n) is 1.62. The second-order valence-corrected chi connectivity index (χ2v) is 3.24. The first-order valence-electron chi connectivity index (χ1n) is 4.40. The Bertz CT molecular complexity index is 443. The predicted molar refractivity (Wildman–Crippen MR) is 50.4 cm³/mol. The van der Waals surface area contributed by atoms with Crippen LogP contribution in [0.4, 0.5) is 0 Å². The molecule has 1 aliphatic rings. The molecule has 2 aromatic rings. The third-order valence-electron chi connectivity index (χ3n) is 2.34. The topological polar surface area (TPSA) is 25.4 Å². The van der Waals surface area contributed by atoms with Crippen LogP contribution in [-0.4, -0.2) is 11.6 Å². The average Bonchev–Trinajstić information content (AvgIpc) is 3.00. The molecule has 0 N–H and O–H groups in total. The van der Waals surface area contributed by atoms with Crippen LogP contribution in [0.15, 0.2) is 36.5 Å². The molecule has 1 unspecified atom stereocenters. The second kappa shape index (κ2) is 2.54. The van der Waals surface area contributed by atoms with E-state index in [9.17, 15) is 0 Å². The number of epoxide rings is 1. The van der Waals surface area contributed by atoms with Crippen molar-refractivity contribution in [1.29, 1.82) is 0 Å². The molecule has 64 valence electrons. The highest BCUT2D eigenvalue weighted by Crippen LogP contribution is 2.33. The van der Waals surface area contributed by atoms with Gasteiger partial charge in [-0.25, -0.2) is 0 Å². The minimum absolute atomic E-state index is 0.290. The van der Waals surface area contributed by atoms with Crippen LogP contribution in [0.5, 0.6) is 0 Å². The number of para-hydroxylation sites is 1. The van der Waals surface area contributed by atoms with E-state index in [-0.39, 0.29) is 0 Å². The Labute approximate surface area is 76.2 Å². The second-order valence-electron chi connectivity index (χ2n) is 3.24. The molecule has 2 nitrogen and oxygen atoms in total. The molecule has 13 heavy (non-hydrogen) atoms. The minimum Gasteiger partial charge on any atom is -0.368 e. The Balaban J connectivity index is 2.32. The molecule has 1 aromatic heterocycles. The first kappa shape index (κ1) is 7.04. The lowest BCUT2D eigenvalue weighted by Gasteiger charge is -2.00. The number of aromatic nitrogens is 1. The molecule has 0 spiro atoms. The largest absolute Gasteiger partial charge is 0.368 e. The summed E-state index contributed by atoms with van der Waals surface area (Å²) in [6.45, 7) is 0.843. The molecular weight excluding hydrogens is 162 g/mol. The van der Waals surface area contributed by atoms with Gasteiger partial charge in [0.15, 0.2) is 0 Å². The molecule has 0 radical (unpaired) electrons. The van der Waals surface area contributed by atoms with Crippen LogP contribution in [0.25, 0.3) is 10.9 Å². The van der Waals surface area contributed by atoms with Crippen molar-refractivity contribution in [3.8, 4) is 0 Å². The Kier molecular flexibility index (Phi) is 1.37. The van der Waals surface area contributed by atoms with Gasteiger partial charge in [-0.2, -0.15) is 0 Å². The summed E-state index contributed by atoms with van der Waals surface area (Å²) >= 11 is 0. The van der Waals surface area contributed by atoms with E-state index in [1.54, 1.807) is 0 Å². The Morgan fingerprint density at radius 2 is 2.08 bits per heavy atom. The van der Waals surface area contributed by atoms with Crippen LogP contribution in [-0.2, 0) is 4.74 Å². The van der Waals surface area contributed by atoms with Gasteiger partial charge in [-0.15, -0.1) is 0 Å². The maximum Gasteiger partial charge on any atom is 0.108 e. The van der Waals surface area contributed by atoms with Gasteiger partial charge >= 0.3 is 0 Å². The monoisotopic (exact) mass is 171 g/mol. The fourth-order valence-corrected chi connectivity index (χ4v) is 1.62. The Hall–Kier alpha value is -1.41. The van der Waals surface area contributed by atoms with Crippen molar-refractivity contribution in [3.63, 3.8) is 0 Å². The number of ether oxygens (including phenoxy) is 1. The molecule has 2 heterocycles. The van der Waals surface area contributed by atoms with E-state index in [4.69, 9.17) is 4.74 Å². The summed E-state index contributed by atoms with van der Waals surface area (Å²) < 4.78 is 5.26.